The summed E-state index contributed by atoms with van der Waals surface area (Å²) in [5, 5.41) is 24.4. The van der Waals surface area contributed by atoms with Crippen LogP contribution in [0, 0.1) is 29.6 Å². The van der Waals surface area contributed by atoms with Crippen molar-refractivity contribution < 1.29 is 70.6 Å². The molecular formula is C59H96N10O15S. The summed E-state index contributed by atoms with van der Waals surface area (Å²) in [6, 6.07) is 6.10. The van der Waals surface area contributed by atoms with Gasteiger partial charge >= 0.3 is 12.1 Å². The van der Waals surface area contributed by atoms with Crippen molar-refractivity contribution in [3.05, 3.63) is 65.2 Å². The van der Waals surface area contributed by atoms with Gasteiger partial charge in [0, 0.05) is 47.1 Å². The van der Waals surface area contributed by atoms with Crippen molar-refractivity contribution in [1.29, 1.82) is 0 Å². The van der Waals surface area contributed by atoms with Crippen molar-refractivity contribution in [2.24, 2.45) is 41.1 Å². The highest BCUT2D eigenvalue weighted by Gasteiger charge is 2.44. The van der Waals surface area contributed by atoms with E-state index in [2.05, 4.69) is 26.6 Å². The number of aliphatic hydroxyl groups excluding tert-OH is 1. The van der Waals surface area contributed by atoms with E-state index in [1.165, 1.54) is 44.4 Å². The normalized spacial score (nSPS) is 17.5. The Morgan fingerprint density at radius 3 is 2.00 bits per heavy atom. The van der Waals surface area contributed by atoms with Gasteiger partial charge in [0.05, 0.1) is 54.8 Å². The van der Waals surface area contributed by atoms with Gasteiger partial charge in [-0.15, -0.1) is 0 Å². The predicted octanol–water partition coefficient (Wildman–Crippen LogP) is 3.82. The van der Waals surface area contributed by atoms with Crippen LogP contribution in [0.3, 0.4) is 0 Å². The number of primary amides is 1. The number of nitrogens with two attached hydrogens (primary N) is 2. The summed E-state index contributed by atoms with van der Waals surface area (Å²) in [6.07, 6.45) is -1.45. The molecule has 3 rings (SSSR count). The van der Waals surface area contributed by atoms with E-state index in [0.717, 1.165) is 4.90 Å². The first-order valence-corrected chi connectivity index (χ1v) is 30.7. The number of benzene rings is 2. The van der Waals surface area contributed by atoms with Crippen LogP contribution in [0.5, 0.6) is 0 Å². The highest BCUT2D eigenvalue weighted by atomic mass is 32.2. The molecule has 0 saturated carbocycles. The molecule has 0 bridgehead atoms. The minimum Gasteiger partial charge on any atom is -0.445 e. The minimum atomic E-state index is -4.70. The molecule has 0 radical (unpaired) electrons. The number of aliphatic hydroxyl groups is 1. The number of carbonyl (C=O) groups is 8. The summed E-state index contributed by atoms with van der Waals surface area (Å²) in [5.74, 6) is -6.19. The van der Waals surface area contributed by atoms with Crippen LogP contribution in [-0.2, 0) is 65.5 Å². The molecule has 11 N–H and O–H groups in total. The number of likely N-dealkylation sites (N-methyl/N-ethyl adjacent to an activating group) is 2. The average molecular weight is 1220 g/mol. The van der Waals surface area contributed by atoms with E-state index >= 15 is 0 Å². The van der Waals surface area contributed by atoms with Gasteiger partial charge in [-0.2, -0.15) is 8.42 Å². The summed E-state index contributed by atoms with van der Waals surface area (Å²) >= 11 is 0. The van der Waals surface area contributed by atoms with E-state index in [4.69, 9.17) is 25.7 Å². The molecule has 2 aromatic carbocycles. The molecule has 0 aliphatic carbocycles. The second-order valence-corrected chi connectivity index (χ2v) is 24.7. The largest absolute Gasteiger partial charge is 0.445 e. The molecular weight excluding hydrogens is 1120 g/mol. The van der Waals surface area contributed by atoms with Crippen LogP contribution in [0.25, 0.3) is 0 Å². The number of rotatable bonds is 33. The molecule has 12 atom stereocenters. The van der Waals surface area contributed by atoms with Gasteiger partial charge in [0.15, 0.2) is 0 Å². The second-order valence-electron chi connectivity index (χ2n) is 23.3. The first-order valence-electron chi connectivity index (χ1n) is 29.1. The first-order chi connectivity index (χ1) is 39.8. The Balaban J connectivity index is 1.80. The summed E-state index contributed by atoms with van der Waals surface area (Å²) in [4.78, 5) is 113. The average Bonchev–Trinajstić information content (AvgIpc) is 4.22. The van der Waals surface area contributed by atoms with E-state index in [9.17, 15) is 56.4 Å². The molecule has 85 heavy (non-hydrogen) atoms. The van der Waals surface area contributed by atoms with Crippen LogP contribution in [0.15, 0.2) is 48.5 Å². The van der Waals surface area contributed by atoms with Crippen LogP contribution in [0.2, 0.25) is 0 Å². The van der Waals surface area contributed by atoms with E-state index in [1.54, 1.807) is 91.6 Å². The monoisotopic (exact) mass is 1220 g/mol. The van der Waals surface area contributed by atoms with Crippen molar-refractivity contribution in [1.82, 2.24) is 36.0 Å². The third kappa shape index (κ3) is 21.5. The second kappa shape index (κ2) is 34.0. The van der Waals surface area contributed by atoms with E-state index in [0.29, 0.717) is 31.4 Å². The van der Waals surface area contributed by atoms with Gasteiger partial charge < -0.3 is 67.2 Å². The lowest BCUT2D eigenvalue weighted by molar-refractivity contribution is -0.148. The van der Waals surface area contributed by atoms with E-state index in [1.807, 2.05) is 19.9 Å². The van der Waals surface area contributed by atoms with Crippen LogP contribution in [-0.4, -0.2) is 176 Å². The van der Waals surface area contributed by atoms with Crippen LogP contribution >= 0.6 is 0 Å². The molecule has 25 nitrogen and oxygen atoms in total. The fraction of sp³-hybridized carbons (Fsp3) is 0.661. The van der Waals surface area contributed by atoms with Crippen molar-refractivity contribution in [2.75, 3.05) is 46.7 Å². The maximum absolute atomic E-state index is 14.8. The van der Waals surface area contributed by atoms with Crippen LogP contribution in [0.1, 0.15) is 131 Å². The van der Waals surface area contributed by atoms with Crippen molar-refractivity contribution in [2.45, 2.75) is 181 Å². The minimum absolute atomic E-state index is 0.0488. The molecule has 1 aliphatic heterocycles. The number of urea groups is 1. The topological polar surface area (TPSA) is 361 Å². The van der Waals surface area contributed by atoms with Gasteiger partial charge in [-0.1, -0.05) is 105 Å². The molecule has 0 aromatic heterocycles. The molecule has 478 valence electrons. The molecule has 0 spiro atoms. The Bertz CT molecular complexity index is 2670. The number of ether oxygens (including phenoxy) is 3. The Hall–Kier alpha value is -6.45. The summed E-state index contributed by atoms with van der Waals surface area (Å²) in [7, 11) is 1.21. The van der Waals surface area contributed by atoms with Gasteiger partial charge in [0.2, 0.25) is 35.4 Å². The van der Waals surface area contributed by atoms with Crippen molar-refractivity contribution in [3.63, 3.8) is 0 Å². The zero-order chi connectivity index (χ0) is 64.2. The maximum atomic E-state index is 14.8. The molecule has 1 heterocycles. The molecule has 9 amide bonds. The fourth-order valence-electron chi connectivity index (χ4n) is 10.7. The number of anilines is 1. The third-order valence-corrected chi connectivity index (χ3v) is 16.5. The van der Waals surface area contributed by atoms with Gasteiger partial charge in [-0.25, -0.2) is 9.59 Å². The maximum Gasteiger partial charge on any atom is 0.410 e. The highest BCUT2D eigenvalue weighted by Crippen LogP contribution is 2.31. The van der Waals surface area contributed by atoms with E-state index < -0.39 is 137 Å². The number of hydrogen-bond acceptors (Lipinski definition) is 15. The van der Waals surface area contributed by atoms with Crippen LogP contribution < -0.4 is 38.1 Å². The van der Waals surface area contributed by atoms with Gasteiger partial charge in [0.25, 0.3) is 10.1 Å². The molecule has 1 fully saturated rings. The van der Waals surface area contributed by atoms with E-state index in [-0.39, 0.29) is 66.3 Å². The number of nitrogens with one attached hydrogen (secondary N) is 5. The number of carbonyl (C=O) groups excluding carboxylic acids is 8. The number of methoxy groups -OCH3 is 2. The molecule has 2 aromatic rings. The van der Waals surface area contributed by atoms with Gasteiger partial charge in [0.1, 0.15) is 30.5 Å². The zero-order valence-corrected chi connectivity index (χ0v) is 52.8. The smallest absolute Gasteiger partial charge is 0.410 e. The van der Waals surface area contributed by atoms with Crippen molar-refractivity contribution >= 4 is 63.4 Å². The predicted molar refractivity (Wildman–Crippen MR) is 320 cm³/mol. The molecule has 26 heteroatoms. The van der Waals surface area contributed by atoms with Crippen molar-refractivity contribution in [3.8, 4) is 0 Å². The standard InChI is InChI=1S/C59H96N10O15S/c1-15-36(8)50(45(82-13)30-46(70)69-28-20-24-44(69)52(83-14)37(9)53(72)63-38(10)51(71)39-21-17-16-18-22-39)67(11)57(76)48(34(4)5)66-56(75)49(35(6)7)68(12)59(78)84-31-40-25-26-42(29-41(40)32-85(79,80)81)64-54(73)43(23-19-27-62-58(61)77)65-55(74)47(60)33(2)3/h16-18,21-22,25-26,29,33-38,43-45,47-52,71H,15,19-20,23-24,27-28,30-32,60H2,1-14H3,(H,63,72)(H,64,73)(H,65,74)(H,66,75)(H3,61,62,77)(H,79,80,81)/t36?,37?,38?,43?,44-,45?,47?,48?,49?,50?,51?,52?/m0/s1. The SMILES string of the molecule is CCC(C)C(C(CC(=O)N1CCC[C@H]1C(OC)C(C)C(=O)NC(C)C(O)c1ccccc1)OC)N(C)C(=O)C(NC(=O)C(C(C)C)N(C)C(=O)OCc1ccc(NC(=O)C(CCCNC(N)=O)NC(=O)C(N)C(C)C)cc1CS(=O)(=O)O)C(C)C. The number of hydrogen-bond donors (Lipinski definition) is 9. The Morgan fingerprint density at radius 1 is 0.800 bits per heavy atom. The van der Waals surface area contributed by atoms with Gasteiger partial charge in [-0.05, 0) is 85.1 Å². The lowest BCUT2D eigenvalue weighted by Crippen LogP contribution is -2.60. The summed E-state index contributed by atoms with van der Waals surface area (Å²) in [6.45, 7) is 17.7. The number of nitrogens with zero attached hydrogens (tertiary/aromatic N) is 3. The fourth-order valence-corrected chi connectivity index (χ4v) is 11.4. The van der Waals surface area contributed by atoms with Gasteiger partial charge in [-0.3, -0.25) is 38.2 Å². The lowest BCUT2D eigenvalue weighted by Gasteiger charge is -2.41. The first kappa shape index (κ1) is 72.8. The molecule has 11 unspecified atom stereocenters. The molecule has 1 saturated heterocycles. The zero-order valence-electron chi connectivity index (χ0n) is 52.0. The summed E-state index contributed by atoms with van der Waals surface area (Å²) in [5.41, 5.74) is 12.0. The quantitative estimate of drug-likeness (QED) is 0.0362. The Morgan fingerprint density at radius 2 is 1.45 bits per heavy atom. The Kier molecular flexibility index (Phi) is 29.2. The number of amides is 9. The third-order valence-electron chi connectivity index (χ3n) is 15.9. The lowest BCUT2D eigenvalue weighted by atomic mass is 9.89. The number of likely N-dealkylation sites (tertiary alicyclic amines) is 1. The molecule has 1 aliphatic rings. The Labute approximate surface area is 501 Å². The summed E-state index contributed by atoms with van der Waals surface area (Å²) < 4.78 is 52.1. The highest BCUT2D eigenvalue weighted by molar-refractivity contribution is 7.85. The van der Waals surface area contributed by atoms with Crippen LogP contribution in [0.4, 0.5) is 15.3 Å².